The third-order valence-electron chi connectivity index (χ3n) is 6.42. The second kappa shape index (κ2) is 6.55. The summed E-state index contributed by atoms with van der Waals surface area (Å²) in [5.41, 5.74) is 7.00. The predicted octanol–water partition coefficient (Wildman–Crippen LogP) is 4.83. The lowest BCUT2D eigenvalue weighted by molar-refractivity contribution is 0.103. The van der Waals surface area contributed by atoms with E-state index >= 15 is 0 Å². The van der Waals surface area contributed by atoms with Crippen LogP contribution in [0.2, 0.25) is 0 Å². The number of fused-ring (bicyclic) bond motifs is 4. The van der Waals surface area contributed by atoms with Gasteiger partial charge in [-0.1, -0.05) is 26.8 Å². The molecule has 0 amide bonds. The lowest BCUT2D eigenvalue weighted by atomic mass is 9.70. The van der Waals surface area contributed by atoms with Crippen molar-refractivity contribution in [1.29, 1.82) is 5.26 Å². The van der Waals surface area contributed by atoms with Crippen molar-refractivity contribution in [3.8, 4) is 17.2 Å². The summed E-state index contributed by atoms with van der Waals surface area (Å²) in [7, 11) is 0. The zero-order valence-electron chi connectivity index (χ0n) is 17.6. The number of aryl methyl sites for hydroxylation is 1. The van der Waals surface area contributed by atoms with Crippen LogP contribution in [-0.4, -0.2) is 15.8 Å². The molecule has 5 nitrogen and oxygen atoms in total. The van der Waals surface area contributed by atoms with E-state index in [1.165, 1.54) is 6.07 Å². The Labute approximate surface area is 179 Å². The number of nitrogens with zero attached hydrogens (tertiary/aromatic N) is 1. The highest BCUT2D eigenvalue weighted by Crippen LogP contribution is 2.45. The molecule has 2 aromatic carbocycles. The van der Waals surface area contributed by atoms with Crippen LogP contribution in [0.15, 0.2) is 53.5 Å². The summed E-state index contributed by atoms with van der Waals surface area (Å²) in [4.78, 5) is 31.4. The van der Waals surface area contributed by atoms with Crippen LogP contribution in [-0.2, 0) is 11.8 Å². The molecular weight excluding hydrogens is 386 g/mol. The van der Waals surface area contributed by atoms with Crippen molar-refractivity contribution in [2.45, 2.75) is 32.6 Å². The number of H-pyrrole nitrogens is 2. The Morgan fingerprint density at radius 1 is 1.03 bits per heavy atom. The number of pyridine rings is 1. The number of carbonyl (C=O) groups excluding carboxylic acids is 1. The highest BCUT2D eigenvalue weighted by molar-refractivity contribution is 6.20. The third kappa shape index (κ3) is 2.69. The average molecular weight is 407 g/mol. The molecule has 2 heterocycles. The van der Waals surface area contributed by atoms with Gasteiger partial charge in [0.15, 0.2) is 5.78 Å². The number of nitrogens with one attached hydrogen (secondary N) is 2. The molecule has 152 valence electrons. The van der Waals surface area contributed by atoms with Crippen LogP contribution >= 0.6 is 0 Å². The first kappa shape index (κ1) is 19.1. The van der Waals surface area contributed by atoms with Gasteiger partial charge in [0.1, 0.15) is 0 Å². The lowest BCUT2D eigenvalue weighted by Crippen LogP contribution is -2.30. The number of aromatic amines is 2. The van der Waals surface area contributed by atoms with Crippen LogP contribution in [0.3, 0.4) is 0 Å². The van der Waals surface area contributed by atoms with Crippen molar-refractivity contribution >= 4 is 16.7 Å². The van der Waals surface area contributed by atoms with Crippen molar-refractivity contribution in [3.05, 3.63) is 92.5 Å². The second-order valence-corrected chi connectivity index (χ2v) is 8.55. The molecule has 5 heteroatoms. The Hall–Kier alpha value is -3.91. The molecule has 2 N–H and O–H groups in total. The van der Waals surface area contributed by atoms with Gasteiger partial charge in [-0.25, -0.2) is 0 Å². The van der Waals surface area contributed by atoms with E-state index in [-0.39, 0.29) is 11.3 Å². The van der Waals surface area contributed by atoms with Crippen molar-refractivity contribution in [2.24, 2.45) is 0 Å². The molecule has 4 aromatic rings. The zero-order valence-corrected chi connectivity index (χ0v) is 17.6. The first-order valence-electron chi connectivity index (χ1n) is 10.3. The number of carbonyl (C=O) groups is 1. The van der Waals surface area contributed by atoms with Gasteiger partial charge < -0.3 is 9.97 Å². The summed E-state index contributed by atoms with van der Waals surface area (Å²) in [6.45, 7) is 6.29. The quantitative estimate of drug-likeness (QED) is 0.499. The van der Waals surface area contributed by atoms with Crippen LogP contribution < -0.4 is 5.56 Å². The SMILES string of the molecule is CCc1cc2c(cc1-c1ccc(=O)[nH]c1)C(C)(C)c1[nH]c3cc(C#N)ccc3c1C2=O. The number of ketones is 1. The van der Waals surface area contributed by atoms with Gasteiger partial charge in [0, 0.05) is 39.8 Å². The number of aromatic nitrogens is 2. The molecule has 0 saturated heterocycles. The molecule has 1 aliphatic rings. The molecule has 0 saturated carbocycles. The normalized spacial score (nSPS) is 14.2. The van der Waals surface area contributed by atoms with Gasteiger partial charge in [-0.15, -0.1) is 0 Å². The number of hydrogen-bond donors (Lipinski definition) is 2. The summed E-state index contributed by atoms with van der Waals surface area (Å²) < 4.78 is 0. The summed E-state index contributed by atoms with van der Waals surface area (Å²) in [6, 6.07) is 15.0. The Bertz CT molecular complexity index is 1480. The van der Waals surface area contributed by atoms with Crippen LogP contribution in [0.25, 0.3) is 22.0 Å². The monoisotopic (exact) mass is 407 g/mol. The first-order valence-corrected chi connectivity index (χ1v) is 10.3. The molecule has 5 rings (SSSR count). The maximum Gasteiger partial charge on any atom is 0.247 e. The standard InChI is InChI=1S/C26H21N3O2/c1-4-15-10-19-20(11-18(15)16-6-8-22(30)28-13-16)26(2,3)25-23(24(19)31)17-7-5-14(12-27)9-21(17)29-25/h5-11,13,29H,4H2,1-3H3,(H,28,30). The minimum absolute atomic E-state index is 0.00278. The number of benzene rings is 2. The maximum atomic E-state index is 13.7. The highest BCUT2D eigenvalue weighted by Gasteiger charge is 2.40. The molecule has 0 spiro atoms. The fraction of sp³-hybridized carbons (Fsp3) is 0.192. The Kier molecular flexibility index (Phi) is 4.03. The first-order chi connectivity index (χ1) is 14.8. The van der Waals surface area contributed by atoms with Crippen LogP contribution in [0.5, 0.6) is 0 Å². The van der Waals surface area contributed by atoms with E-state index in [0.717, 1.165) is 45.3 Å². The van der Waals surface area contributed by atoms with E-state index in [4.69, 9.17) is 0 Å². The molecule has 31 heavy (non-hydrogen) atoms. The van der Waals surface area contributed by atoms with Gasteiger partial charge in [-0.2, -0.15) is 5.26 Å². The highest BCUT2D eigenvalue weighted by atomic mass is 16.1. The molecule has 0 fully saturated rings. The summed E-state index contributed by atoms with van der Waals surface area (Å²) in [6.07, 6.45) is 2.49. The van der Waals surface area contributed by atoms with E-state index in [9.17, 15) is 14.9 Å². The van der Waals surface area contributed by atoms with Crippen LogP contribution in [0.4, 0.5) is 0 Å². The average Bonchev–Trinajstić information content (AvgIpc) is 3.17. The summed E-state index contributed by atoms with van der Waals surface area (Å²) in [5, 5.41) is 10.1. The van der Waals surface area contributed by atoms with E-state index in [0.29, 0.717) is 16.7 Å². The van der Waals surface area contributed by atoms with Gasteiger partial charge in [0.2, 0.25) is 5.56 Å². The van der Waals surface area contributed by atoms with Crippen molar-refractivity contribution in [2.75, 3.05) is 0 Å². The summed E-state index contributed by atoms with van der Waals surface area (Å²) in [5.74, 6) is 0.00278. The maximum absolute atomic E-state index is 13.7. The van der Waals surface area contributed by atoms with E-state index in [2.05, 4.69) is 42.9 Å². The van der Waals surface area contributed by atoms with Crippen LogP contribution in [0.1, 0.15) is 59.1 Å². The molecule has 0 unspecified atom stereocenters. The van der Waals surface area contributed by atoms with Gasteiger partial charge in [0.05, 0.1) is 17.2 Å². The minimum Gasteiger partial charge on any atom is -0.357 e. The minimum atomic E-state index is -0.437. The predicted molar refractivity (Wildman–Crippen MR) is 120 cm³/mol. The number of nitriles is 1. The molecular formula is C26H21N3O2. The van der Waals surface area contributed by atoms with Crippen molar-refractivity contribution < 1.29 is 4.79 Å². The third-order valence-corrected chi connectivity index (χ3v) is 6.42. The van der Waals surface area contributed by atoms with Gasteiger partial charge in [0.25, 0.3) is 0 Å². The largest absolute Gasteiger partial charge is 0.357 e. The molecule has 0 radical (unpaired) electrons. The van der Waals surface area contributed by atoms with E-state index < -0.39 is 5.41 Å². The topological polar surface area (TPSA) is 89.5 Å². The second-order valence-electron chi connectivity index (χ2n) is 8.55. The Balaban J connectivity index is 1.79. The number of rotatable bonds is 2. The fourth-order valence-corrected chi connectivity index (χ4v) is 4.73. The number of hydrogen-bond acceptors (Lipinski definition) is 3. The smallest absolute Gasteiger partial charge is 0.247 e. The Morgan fingerprint density at radius 3 is 2.52 bits per heavy atom. The molecule has 0 bridgehead atoms. The molecule has 1 aliphatic carbocycles. The van der Waals surface area contributed by atoms with E-state index in [1.807, 2.05) is 18.2 Å². The van der Waals surface area contributed by atoms with Gasteiger partial charge in [-0.3, -0.25) is 9.59 Å². The zero-order chi connectivity index (χ0) is 21.9. The van der Waals surface area contributed by atoms with Gasteiger partial charge in [-0.05, 0) is 59.0 Å². The lowest BCUT2D eigenvalue weighted by Gasteiger charge is -2.33. The molecule has 0 aliphatic heterocycles. The summed E-state index contributed by atoms with van der Waals surface area (Å²) >= 11 is 0. The van der Waals surface area contributed by atoms with Crippen molar-refractivity contribution in [3.63, 3.8) is 0 Å². The molecule has 0 atom stereocenters. The van der Waals surface area contributed by atoms with E-state index in [1.54, 1.807) is 18.3 Å². The Morgan fingerprint density at radius 2 is 1.84 bits per heavy atom. The fourth-order valence-electron chi connectivity index (χ4n) is 4.73. The van der Waals surface area contributed by atoms with Crippen molar-refractivity contribution in [1.82, 2.24) is 9.97 Å². The molecule has 2 aromatic heterocycles. The van der Waals surface area contributed by atoms with Gasteiger partial charge >= 0.3 is 0 Å². The van der Waals surface area contributed by atoms with Crippen LogP contribution in [0, 0.1) is 11.3 Å².